The summed E-state index contributed by atoms with van der Waals surface area (Å²) in [5.41, 5.74) is 3.90. The number of hydrogen-bond donors (Lipinski definition) is 2. The standard InChI is InChI=1S/C21H26N2O3/c1-4-5-12-22-18-9-7-6-8-17(18)21(25)26-14-20(24)23-19-13-15(2)10-11-16(19)3/h6-11,13,22H,4-5,12,14H2,1-3H3,(H,23,24). The molecular weight excluding hydrogens is 328 g/mol. The normalized spacial score (nSPS) is 10.3. The van der Waals surface area contributed by atoms with Crippen LogP contribution >= 0.6 is 0 Å². The number of ether oxygens (including phenoxy) is 1. The van der Waals surface area contributed by atoms with Gasteiger partial charge in [0.15, 0.2) is 6.61 Å². The molecule has 0 aromatic heterocycles. The van der Waals surface area contributed by atoms with E-state index in [4.69, 9.17) is 4.74 Å². The van der Waals surface area contributed by atoms with E-state index in [9.17, 15) is 9.59 Å². The number of aryl methyl sites for hydroxylation is 2. The Morgan fingerprint density at radius 3 is 2.58 bits per heavy atom. The molecule has 0 atom stereocenters. The Balaban J connectivity index is 1.94. The zero-order chi connectivity index (χ0) is 18.9. The summed E-state index contributed by atoms with van der Waals surface area (Å²) in [7, 11) is 0. The minimum Gasteiger partial charge on any atom is -0.452 e. The van der Waals surface area contributed by atoms with E-state index in [1.54, 1.807) is 12.1 Å². The molecule has 0 unspecified atom stereocenters. The predicted octanol–water partition coefficient (Wildman–Crippen LogP) is 4.31. The first-order valence-electron chi connectivity index (χ1n) is 8.88. The zero-order valence-corrected chi connectivity index (χ0v) is 15.6. The van der Waals surface area contributed by atoms with Crippen LogP contribution in [0.2, 0.25) is 0 Å². The van der Waals surface area contributed by atoms with Crippen molar-refractivity contribution in [3.05, 3.63) is 59.2 Å². The number of carbonyl (C=O) groups is 2. The van der Waals surface area contributed by atoms with Crippen LogP contribution in [0.15, 0.2) is 42.5 Å². The average Bonchev–Trinajstić information content (AvgIpc) is 2.63. The van der Waals surface area contributed by atoms with E-state index in [2.05, 4.69) is 17.6 Å². The lowest BCUT2D eigenvalue weighted by Crippen LogP contribution is -2.22. The van der Waals surface area contributed by atoms with E-state index in [0.717, 1.165) is 41.9 Å². The maximum absolute atomic E-state index is 12.3. The van der Waals surface area contributed by atoms with E-state index < -0.39 is 5.97 Å². The highest BCUT2D eigenvalue weighted by Gasteiger charge is 2.14. The first-order chi connectivity index (χ1) is 12.5. The lowest BCUT2D eigenvalue weighted by Gasteiger charge is -2.12. The van der Waals surface area contributed by atoms with Crippen LogP contribution in [0, 0.1) is 13.8 Å². The number of amides is 1. The first-order valence-corrected chi connectivity index (χ1v) is 8.88. The second-order valence-electron chi connectivity index (χ2n) is 6.27. The highest BCUT2D eigenvalue weighted by Crippen LogP contribution is 2.18. The number of benzene rings is 2. The van der Waals surface area contributed by atoms with E-state index in [0.29, 0.717) is 5.56 Å². The number of carbonyl (C=O) groups excluding carboxylic acids is 2. The molecule has 5 heteroatoms. The van der Waals surface area contributed by atoms with E-state index >= 15 is 0 Å². The second kappa shape index (κ2) is 9.61. The minimum absolute atomic E-state index is 0.324. The lowest BCUT2D eigenvalue weighted by molar-refractivity contribution is -0.119. The van der Waals surface area contributed by atoms with Crippen LogP contribution in [-0.4, -0.2) is 25.0 Å². The lowest BCUT2D eigenvalue weighted by atomic mass is 10.1. The summed E-state index contributed by atoms with van der Waals surface area (Å²) >= 11 is 0. The molecule has 5 nitrogen and oxygen atoms in total. The number of hydrogen-bond acceptors (Lipinski definition) is 4. The Labute approximate surface area is 154 Å². The Morgan fingerprint density at radius 1 is 1.04 bits per heavy atom. The van der Waals surface area contributed by atoms with Crippen molar-refractivity contribution < 1.29 is 14.3 Å². The summed E-state index contributed by atoms with van der Waals surface area (Å²) in [6, 6.07) is 13.0. The van der Waals surface area contributed by atoms with Gasteiger partial charge in [0, 0.05) is 17.9 Å². The van der Waals surface area contributed by atoms with Crippen LogP contribution in [0.3, 0.4) is 0 Å². The van der Waals surface area contributed by atoms with Crippen molar-refractivity contribution in [3.8, 4) is 0 Å². The molecule has 0 saturated carbocycles. The van der Waals surface area contributed by atoms with Gasteiger partial charge < -0.3 is 15.4 Å². The van der Waals surface area contributed by atoms with Gasteiger partial charge in [-0.3, -0.25) is 4.79 Å². The number of nitrogens with one attached hydrogen (secondary N) is 2. The van der Waals surface area contributed by atoms with Gasteiger partial charge in [0.1, 0.15) is 0 Å². The topological polar surface area (TPSA) is 67.4 Å². The quantitative estimate of drug-likeness (QED) is 0.547. The molecule has 0 fully saturated rings. The maximum Gasteiger partial charge on any atom is 0.340 e. The molecule has 0 radical (unpaired) electrons. The minimum atomic E-state index is -0.513. The molecule has 26 heavy (non-hydrogen) atoms. The molecule has 0 aliphatic carbocycles. The monoisotopic (exact) mass is 354 g/mol. The molecule has 2 rings (SSSR count). The number of para-hydroxylation sites is 1. The molecule has 0 saturated heterocycles. The third-order valence-corrected chi connectivity index (χ3v) is 3.99. The van der Waals surface area contributed by atoms with E-state index in [1.165, 1.54) is 0 Å². The third kappa shape index (κ3) is 5.62. The molecule has 2 aromatic carbocycles. The molecule has 0 spiro atoms. The van der Waals surface area contributed by atoms with Gasteiger partial charge in [-0.15, -0.1) is 0 Å². The Morgan fingerprint density at radius 2 is 1.81 bits per heavy atom. The zero-order valence-electron chi connectivity index (χ0n) is 15.6. The predicted molar refractivity (Wildman–Crippen MR) is 105 cm³/mol. The summed E-state index contributed by atoms with van der Waals surface area (Å²) in [4.78, 5) is 24.4. The van der Waals surface area contributed by atoms with Crippen LogP contribution in [0.1, 0.15) is 41.3 Å². The van der Waals surface area contributed by atoms with Gasteiger partial charge in [0.2, 0.25) is 0 Å². The summed E-state index contributed by atoms with van der Waals surface area (Å²) in [6.07, 6.45) is 2.08. The van der Waals surface area contributed by atoms with E-state index in [-0.39, 0.29) is 12.5 Å². The fourth-order valence-corrected chi connectivity index (χ4v) is 2.48. The molecule has 0 bridgehead atoms. The Bertz CT molecular complexity index is 772. The van der Waals surface area contributed by atoms with Crippen LogP contribution < -0.4 is 10.6 Å². The van der Waals surface area contributed by atoms with Crippen molar-refractivity contribution in [1.82, 2.24) is 0 Å². The van der Waals surface area contributed by atoms with Crippen molar-refractivity contribution >= 4 is 23.3 Å². The molecule has 0 aliphatic heterocycles. The van der Waals surface area contributed by atoms with Gasteiger partial charge in [0.05, 0.1) is 5.56 Å². The molecule has 2 aromatic rings. The van der Waals surface area contributed by atoms with Gasteiger partial charge in [0.25, 0.3) is 5.91 Å². The van der Waals surface area contributed by atoms with Crippen molar-refractivity contribution in [1.29, 1.82) is 0 Å². The average molecular weight is 354 g/mol. The van der Waals surface area contributed by atoms with Crippen molar-refractivity contribution in [2.75, 3.05) is 23.8 Å². The fraction of sp³-hybridized carbons (Fsp3) is 0.333. The molecule has 138 valence electrons. The number of anilines is 2. The highest BCUT2D eigenvalue weighted by atomic mass is 16.5. The molecular formula is C21H26N2O3. The maximum atomic E-state index is 12.3. The van der Waals surface area contributed by atoms with Crippen LogP contribution in [0.4, 0.5) is 11.4 Å². The smallest absolute Gasteiger partial charge is 0.340 e. The summed E-state index contributed by atoms with van der Waals surface area (Å²) in [6.45, 7) is 6.44. The van der Waals surface area contributed by atoms with Gasteiger partial charge in [-0.25, -0.2) is 4.79 Å². The molecule has 0 aliphatic rings. The van der Waals surface area contributed by atoms with Gasteiger partial charge >= 0.3 is 5.97 Å². The van der Waals surface area contributed by atoms with Crippen molar-refractivity contribution in [2.45, 2.75) is 33.6 Å². The Hall–Kier alpha value is -2.82. The summed E-state index contributed by atoms with van der Waals surface area (Å²) in [5, 5.41) is 6.02. The number of rotatable bonds is 8. The summed E-state index contributed by atoms with van der Waals surface area (Å²) < 4.78 is 5.19. The first kappa shape index (κ1) is 19.5. The van der Waals surface area contributed by atoms with Crippen LogP contribution in [0.5, 0.6) is 0 Å². The van der Waals surface area contributed by atoms with Crippen molar-refractivity contribution in [3.63, 3.8) is 0 Å². The SMILES string of the molecule is CCCCNc1ccccc1C(=O)OCC(=O)Nc1cc(C)ccc1C. The third-order valence-electron chi connectivity index (χ3n) is 3.99. The van der Waals surface area contributed by atoms with E-state index in [1.807, 2.05) is 44.2 Å². The highest BCUT2D eigenvalue weighted by molar-refractivity contribution is 5.98. The second-order valence-corrected chi connectivity index (χ2v) is 6.27. The fourth-order valence-electron chi connectivity index (χ4n) is 2.48. The van der Waals surface area contributed by atoms with Gasteiger partial charge in [-0.05, 0) is 49.6 Å². The molecule has 2 N–H and O–H groups in total. The van der Waals surface area contributed by atoms with Crippen molar-refractivity contribution in [2.24, 2.45) is 0 Å². The summed E-state index contributed by atoms with van der Waals surface area (Å²) in [5.74, 6) is -0.871. The molecule has 1 amide bonds. The van der Waals surface area contributed by atoms with Crippen LogP contribution in [0.25, 0.3) is 0 Å². The largest absolute Gasteiger partial charge is 0.452 e. The molecule has 0 heterocycles. The van der Waals surface area contributed by atoms with Gasteiger partial charge in [-0.1, -0.05) is 37.6 Å². The number of esters is 1. The van der Waals surface area contributed by atoms with Crippen LogP contribution in [-0.2, 0) is 9.53 Å². The number of unbranched alkanes of at least 4 members (excludes halogenated alkanes) is 1. The Kier molecular flexibility index (Phi) is 7.21. The van der Waals surface area contributed by atoms with Gasteiger partial charge in [-0.2, -0.15) is 0 Å².